The number of likely N-dealkylation sites (N-methyl/N-ethyl adjacent to an activating group) is 1. The van der Waals surface area contributed by atoms with E-state index in [4.69, 9.17) is 0 Å². The van der Waals surface area contributed by atoms with Crippen LogP contribution in [0.15, 0.2) is 24.3 Å². The first-order chi connectivity index (χ1) is 9.69. The molecule has 20 heavy (non-hydrogen) atoms. The van der Waals surface area contributed by atoms with Crippen molar-refractivity contribution in [2.24, 2.45) is 0 Å². The monoisotopic (exact) mass is 284 g/mol. The Morgan fingerprint density at radius 3 is 2.65 bits per heavy atom. The predicted molar refractivity (Wildman–Crippen MR) is 75.0 cm³/mol. The van der Waals surface area contributed by atoms with Gasteiger partial charge in [-0.15, -0.1) is 0 Å². The number of hydrogen-bond donors (Lipinski definition) is 1. The number of halogens is 2. The number of alkyl halides is 2. The SMILES string of the molecule is CCN(Cc1ccc(OC(F)F)cc1)C1CCCNC1. The number of nitrogens with one attached hydrogen (secondary N) is 1. The van der Waals surface area contributed by atoms with E-state index in [1.165, 1.54) is 12.8 Å². The van der Waals surface area contributed by atoms with Crippen LogP contribution in [0.5, 0.6) is 5.75 Å². The fourth-order valence-corrected chi connectivity index (χ4v) is 2.66. The van der Waals surface area contributed by atoms with Gasteiger partial charge in [-0.05, 0) is 43.6 Å². The molecule has 1 N–H and O–H groups in total. The quantitative estimate of drug-likeness (QED) is 0.869. The molecule has 0 spiro atoms. The zero-order valence-corrected chi connectivity index (χ0v) is 11.8. The van der Waals surface area contributed by atoms with Crippen LogP contribution in [0.25, 0.3) is 0 Å². The maximum atomic E-state index is 12.1. The van der Waals surface area contributed by atoms with Crippen molar-refractivity contribution in [3.8, 4) is 5.75 Å². The van der Waals surface area contributed by atoms with Gasteiger partial charge in [0.25, 0.3) is 0 Å². The molecule has 1 atom stereocenters. The second-order valence-corrected chi connectivity index (χ2v) is 5.09. The van der Waals surface area contributed by atoms with Crippen LogP contribution >= 0.6 is 0 Å². The molecule has 3 nitrogen and oxygen atoms in total. The number of nitrogens with zero attached hydrogens (tertiary/aromatic N) is 1. The minimum atomic E-state index is -2.76. The van der Waals surface area contributed by atoms with E-state index in [-0.39, 0.29) is 5.75 Å². The average molecular weight is 284 g/mol. The summed E-state index contributed by atoms with van der Waals surface area (Å²) < 4.78 is 28.5. The first kappa shape index (κ1) is 15.2. The predicted octanol–water partition coefficient (Wildman–Crippen LogP) is 2.86. The zero-order valence-electron chi connectivity index (χ0n) is 11.8. The van der Waals surface area contributed by atoms with Crippen LogP contribution in [0.3, 0.4) is 0 Å². The molecule has 0 bridgehead atoms. The second-order valence-electron chi connectivity index (χ2n) is 5.09. The summed E-state index contributed by atoms with van der Waals surface area (Å²) in [6.07, 6.45) is 2.43. The Morgan fingerprint density at radius 2 is 2.10 bits per heavy atom. The third-order valence-electron chi connectivity index (χ3n) is 3.73. The maximum Gasteiger partial charge on any atom is 0.387 e. The highest BCUT2D eigenvalue weighted by Crippen LogP contribution is 2.18. The van der Waals surface area contributed by atoms with Gasteiger partial charge in [0.2, 0.25) is 0 Å². The van der Waals surface area contributed by atoms with E-state index in [1.807, 2.05) is 12.1 Å². The summed E-state index contributed by atoms with van der Waals surface area (Å²) in [4.78, 5) is 2.43. The fraction of sp³-hybridized carbons (Fsp3) is 0.600. The molecule has 0 amide bonds. The van der Waals surface area contributed by atoms with Crippen molar-refractivity contribution in [2.45, 2.75) is 39.0 Å². The molecule has 1 unspecified atom stereocenters. The molecule has 112 valence electrons. The van der Waals surface area contributed by atoms with E-state index >= 15 is 0 Å². The molecule has 1 aliphatic heterocycles. The molecule has 0 aromatic heterocycles. The molecular weight excluding hydrogens is 262 g/mol. The van der Waals surface area contributed by atoms with Gasteiger partial charge in [0, 0.05) is 19.1 Å². The first-order valence-corrected chi connectivity index (χ1v) is 7.17. The molecule has 1 saturated heterocycles. The summed E-state index contributed by atoms with van der Waals surface area (Å²) in [6, 6.07) is 7.49. The van der Waals surface area contributed by atoms with Crippen LogP contribution in [-0.2, 0) is 6.54 Å². The lowest BCUT2D eigenvalue weighted by atomic mass is 10.0. The molecule has 1 aromatic rings. The Morgan fingerprint density at radius 1 is 1.35 bits per heavy atom. The molecule has 2 rings (SSSR count). The molecule has 1 fully saturated rings. The van der Waals surface area contributed by atoms with Crippen molar-refractivity contribution in [1.29, 1.82) is 0 Å². The average Bonchev–Trinajstić information content (AvgIpc) is 2.47. The number of ether oxygens (including phenoxy) is 1. The molecular formula is C15H22F2N2O. The Labute approximate surface area is 118 Å². The lowest BCUT2D eigenvalue weighted by Crippen LogP contribution is -2.45. The normalized spacial score (nSPS) is 19.6. The van der Waals surface area contributed by atoms with E-state index in [9.17, 15) is 8.78 Å². The van der Waals surface area contributed by atoms with E-state index in [2.05, 4.69) is 21.9 Å². The van der Waals surface area contributed by atoms with Crippen molar-refractivity contribution < 1.29 is 13.5 Å². The van der Waals surface area contributed by atoms with Crippen LogP contribution in [0, 0.1) is 0 Å². The lowest BCUT2D eigenvalue weighted by Gasteiger charge is -2.34. The fourth-order valence-electron chi connectivity index (χ4n) is 2.66. The van der Waals surface area contributed by atoms with Gasteiger partial charge in [0.05, 0.1) is 0 Å². The van der Waals surface area contributed by atoms with Gasteiger partial charge in [-0.1, -0.05) is 19.1 Å². The standard InChI is InChI=1S/C15H22F2N2O/c1-2-19(13-4-3-9-18-10-13)11-12-5-7-14(8-6-12)20-15(16)17/h5-8,13,15,18H,2-4,9-11H2,1H3. The van der Waals surface area contributed by atoms with Crippen molar-refractivity contribution in [3.05, 3.63) is 29.8 Å². The molecule has 0 saturated carbocycles. The first-order valence-electron chi connectivity index (χ1n) is 7.17. The van der Waals surface area contributed by atoms with Crippen molar-refractivity contribution in [1.82, 2.24) is 10.2 Å². The Hall–Kier alpha value is -1.20. The summed E-state index contributed by atoms with van der Waals surface area (Å²) in [5.74, 6) is 0.214. The molecule has 5 heteroatoms. The Kier molecular flexibility index (Phi) is 5.73. The van der Waals surface area contributed by atoms with Crippen LogP contribution < -0.4 is 10.1 Å². The largest absolute Gasteiger partial charge is 0.435 e. The van der Waals surface area contributed by atoms with Gasteiger partial charge in [-0.2, -0.15) is 8.78 Å². The molecule has 0 aliphatic carbocycles. The van der Waals surface area contributed by atoms with Crippen LogP contribution in [-0.4, -0.2) is 37.2 Å². The minimum Gasteiger partial charge on any atom is -0.435 e. The van der Waals surface area contributed by atoms with Gasteiger partial charge in [0.1, 0.15) is 5.75 Å². The number of hydrogen-bond acceptors (Lipinski definition) is 3. The van der Waals surface area contributed by atoms with Crippen LogP contribution in [0.4, 0.5) is 8.78 Å². The smallest absolute Gasteiger partial charge is 0.387 e. The van der Waals surface area contributed by atoms with Crippen LogP contribution in [0.2, 0.25) is 0 Å². The van der Waals surface area contributed by atoms with Crippen LogP contribution in [0.1, 0.15) is 25.3 Å². The van der Waals surface area contributed by atoms with Gasteiger partial charge >= 0.3 is 6.61 Å². The van der Waals surface area contributed by atoms with Gasteiger partial charge < -0.3 is 10.1 Å². The van der Waals surface area contributed by atoms with Gasteiger partial charge in [-0.25, -0.2) is 0 Å². The zero-order chi connectivity index (χ0) is 14.4. The number of piperidine rings is 1. The Bertz CT molecular complexity index is 391. The van der Waals surface area contributed by atoms with Gasteiger partial charge in [-0.3, -0.25) is 4.90 Å². The minimum absolute atomic E-state index is 0.214. The topological polar surface area (TPSA) is 24.5 Å². The lowest BCUT2D eigenvalue weighted by molar-refractivity contribution is -0.0498. The second kappa shape index (κ2) is 7.55. The van der Waals surface area contributed by atoms with E-state index in [0.717, 1.165) is 31.7 Å². The van der Waals surface area contributed by atoms with Crippen molar-refractivity contribution in [2.75, 3.05) is 19.6 Å². The summed E-state index contributed by atoms with van der Waals surface area (Å²) in [5.41, 5.74) is 1.12. The van der Waals surface area contributed by atoms with E-state index in [0.29, 0.717) is 6.04 Å². The Balaban J connectivity index is 1.93. The van der Waals surface area contributed by atoms with Gasteiger partial charge in [0.15, 0.2) is 0 Å². The molecule has 0 radical (unpaired) electrons. The highest BCUT2D eigenvalue weighted by molar-refractivity contribution is 5.27. The van der Waals surface area contributed by atoms with E-state index < -0.39 is 6.61 Å². The summed E-state index contributed by atoms with van der Waals surface area (Å²) >= 11 is 0. The molecule has 1 aliphatic rings. The maximum absolute atomic E-state index is 12.1. The third kappa shape index (κ3) is 4.42. The third-order valence-corrected chi connectivity index (χ3v) is 3.73. The van der Waals surface area contributed by atoms with E-state index in [1.54, 1.807) is 12.1 Å². The van der Waals surface area contributed by atoms with Crippen molar-refractivity contribution in [3.63, 3.8) is 0 Å². The number of rotatable bonds is 6. The highest BCUT2D eigenvalue weighted by Gasteiger charge is 2.19. The summed E-state index contributed by atoms with van der Waals surface area (Å²) in [5, 5.41) is 3.42. The molecule has 1 aromatic carbocycles. The van der Waals surface area contributed by atoms with Crippen molar-refractivity contribution >= 4 is 0 Å². The summed E-state index contributed by atoms with van der Waals surface area (Å²) in [6.45, 7) is 3.36. The number of benzene rings is 1. The highest BCUT2D eigenvalue weighted by atomic mass is 19.3. The summed E-state index contributed by atoms with van der Waals surface area (Å²) in [7, 11) is 0. The molecule has 1 heterocycles.